The van der Waals surface area contributed by atoms with Gasteiger partial charge in [-0.05, 0) is 37.5 Å². The molecule has 104 valence electrons. The van der Waals surface area contributed by atoms with Crippen LogP contribution in [0.1, 0.15) is 31.7 Å². The number of hydrogen-bond donors (Lipinski definition) is 3. The maximum absolute atomic E-state index is 11.7. The molecule has 0 aliphatic heterocycles. The van der Waals surface area contributed by atoms with E-state index in [-0.39, 0.29) is 18.4 Å². The Balaban J connectivity index is 2.47. The van der Waals surface area contributed by atoms with Gasteiger partial charge in [-0.15, -0.1) is 0 Å². The van der Waals surface area contributed by atoms with Crippen LogP contribution in [0.5, 0.6) is 0 Å². The quantitative estimate of drug-likeness (QED) is 0.699. The summed E-state index contributed by atoms with van der Waals surface area (Å²) in [6, 6.07) is 6.98. The van der Waals surface area contributed by atoms with Crippen molar-refractivity contribution in [3.8, 4) is 0 Å². The van der Waals surface area contributed by atoms with E-state index in [9.17, 15) is 9.59 Å². The smallest absolute Gasteiger partial charge is 0.307 e. The van der Waals surface area contributed by atoms with E-state index in [0.29, 0.717) is 17.7 Å². The van der Waals surface area contributed by atoms with Gasteiger partial charge in [-0.25, -0.2) is 0 Å². The summed E-state index contributed by atoms with van der Waals surface area (Å²) in [6.07, 6.45) is 1.93. The van der Waals surface area contributed by atoms with Crippen LogP contribution < -0.4 is 11.1 Å². The molecule has 0 bridgehead atoms. The summed E-state index contributed by atoms with van der Waals surface area (Å²) in [5.74, 6) is -0.964. The monoisotopic (exact) mass is 264 g/mol. The van der Waals surface area contributed by atoms with Gasteiger partial charge in [0.05, 0.1) is 6.42 Å². The standard InChI is InChI=1S/C14H20N2O3/c1-10(15)4-2-7-13(17)16-12-6-3-5-11(8-12)9-14(18)19/h3,5-6,8,10H,2,4,7,9,15H2,1H3,(H,16,17)(H,18,19). The number of hydrogen-bond acceptors (Lipinski definition) is 3. The Morgan fingerprint density at radius 2 is 2.16 bits per heavy atom. The summed E-state index contributed by atoms with van der Waals surface area (Å²) < 4.78 is 0. The number of nitrogens with two attached hydrogens (primary N) is 1. The Labute approximate surface area is 112 Å². The van der Waals surface area contributed by atoms with Crippen LogP contribution in [0.3, 0.4) is 0 Å². The van der Waals surface area contributed by atoms with E-state index in [1.165, 1.54) is 0 Å². The van der Waals surface area contributed by atoms with E-state index in [1.54, 1.807) is 24.3 Å². The van der Waals surface area contributed by atoms with Gasteiger partial charge in [0, 0.05) is 18.2 Å². The van der Waals surface area contributed by atoms with Crippen molar-refractivity contribution in [1.29, 1.82) is 0 Å². The number of carbonyl (C=O) groups is 2. The first-order valence-corrected chi connectivity index (χ1v) is 6.33. The van der Waals surface area contributed by atoms with Crippen molar-refractivity contribution < 1.29 is 14.7 Å². The molecular weight excluding hydrogens is 244 g/mol. The average molecular weight is 264 g/mol. The van der Waals surface area contributed by atoms with E-state index in [4.69, 9.17) is 10.8 Å². The molecule has 1 unspecified atom stereocenters. The second-order valence-corrected chi connectivity index (χ2v) is 4.69. The summed E-state index contributed by atoms with van der Waals surface area (Å²) in [6.45, 7) is 1.91. The molecular formula is C14H20N2O3. The van der Waals surface area contributed by atoms with Gasteiger partial charge < -0.3 is 16.2 Å². The second kappa shape index (κ2) is 7.53. The average Bonchev–Trinajstić information content (AvgIpc) is 2.27. The van der Waals surface area contributed by atoms with Gasteiger partial charge in [0.15, 0.2) is 0 Å². The predicted molar refractivity (Wildman–Crippen MR) is 73.9 cm³/mol. The lowest BCUT2D eigenvalue weighted by atomic mass is 10.1. The molecule has 1 aromatic carbocycles. The number of carboxylic acid groups (broad SMARTS) is 1. The normalized spacial score (nSPS) is 11.9. The number of carboxylic acids is 1. The highest BCUT2D eigenvalue weighted by molar-refractivity contribution is 5.90. The van der Waals surface area contributed by atoms with Gasteiger partial charge in [0.25, 0.3) is 0 Å². The Hall–Kier alpha value is -1.88. The molecule has 0 heterocycles. The molecule has 0 radical (unpaired) electrons. The van der Waals surface area contributed by atoms with Crippen molar-refractivity contribution in [2.45, 2.75) is 38.6 Å². The SMILES string of the molecule is CC(N)CCCC(=O)Nc1cccc(CC(=O)O)c1. The van der Waals surface area contributed by atoms with Crippen molar-refractivity contribution in [3.63, 3.8) is 0 Å². The highest BCUT2D eigenvalue weighted by Crippen LogP contribution is 2.12. The zero-order valence-electron chi connectivity index (χ0n) is 11.1. The molecule has 19 heavy (non-hydrogen) atoms. The first kappa shape index (κ1) is 15.2. The Morgan fingerprint density at radius 3 is 2.79 bits per heavy atom. The lowest BCUT2D eigenvalue weighted by molar-refractivity contribution is -0.136. The molecule has 0 aromatic heterocycles. The van der Waals surface area contributed by atoms with Crippen molar-refractivity contribution in [2.24, 2.45) is 5.73 Å². The maximum atomic E-state index is 11.7. The van der Waals surface area contributed by atoms with Crippen LogP contribution in [-0.2, 0) is 16.0 Å². The highest BCUT2D eigenvalue weighted by Gasteiger charge is 2.05. The molecule has 0 aliphatic carbocycles. The number of amides is 1. The van der Waals surface area contributed by atoms with E-state index >= 15 is 0 Å². The van der Waals surface area contributed by atoms with E-state index < -0.39 is 5.97 Å². The minimum absolute atomic E-state index is 0.0472. The van der Waals surface area contributed by atoms with Gasteiger partial charge in [0.1, 0.15) is 0 Å². The Morgan fingerprint density at radius 1 is 1.42 bits per heavy atom. The van der Waals surface area contributed by atoms with Crippen LogP contribution in [0.2, 0.25) is 0 Å². The largest absolute Gasteiger partial charge is 0.481 e. The van der Waals surface area contributed by atoms with Crippen LogP contribution in [0, 0.1) is 0 Å². The summed E-state index contributed by atoms with van der Waals surface area (Å²) in [5, 5.41) is 11.5. The third-order valence-corrected chi connectivity index (χ3v) is 2.63. The number of rotatable bonds is 7. The molecule has 0 saturated heterocycles. The van der Waals surface area contributed by atoms with Crippen molar-refractivity contribution >= 4 is 17.6 Å². The van der Waals surface area contributed by atoms with Gasteiger partial charge >= 0.3 is 5.97 Å². The fraction of sp³-hybridized carbons (Fsp3) is 0.429. The zero-order chi connectivity index (χ0) is 14.3. The molecule has 1 aromatic rings. The maximum Gasteiger partial charge on any atom is 0.307 e. The number of nitrogens with one attached hydrogen (secondary N) is 1. The van der Waals surface area contributed by atoms with Gasteiger partial charge in [0.2, 0.25) is 5.91 Å². The van der Waals surface area contributed by atoms with Crippen LogP contribution in [0.15, 0.2) is 24.3 Å². The van der Waals surface area contributed by atoms with Crippen molar-refractivity contribution in [2.75, 3.05) is 5.32 Å². The molecule has 0 aliphatic rings. The third kappa shape index (κ3) is 6.57. The molecule has 5 nitrogen and oxygen atoms in total. The second-order valence-electron chi connectivity index (χ2n) is 4.69. The van der Waals surface area contributed by atoms with Crippen LogP contribution in [0.4, 0.5) is 5.69 Å². The molecule has 0 spiro atoms. The summed E-state index contributed by atoms with van der Waals surface area (Å²) in [5.41, 5.74) is 6.91. The summed E-state index contributed by atoms with van der Waals surface area (Å²) in [7, 11) is 0. The van der Waals surface area contributed by atoms with Crippen molar-refractivity contribution in [3.05, 3.63) is 29.8 Å². The van der Waals surface area contributed by atoms with Crippen LogP contribution in [-0.4, -0.2) is 23.0 Å². The number of anilines is 1. The first-order valence-electron chi connectivity index (χ1n) is 6.33. The molecule has 0 fully saturated rings. The van der Waals surface area contributed by atoms with Crippen molar-refractivity contribution in [1.82, 2.24) is 0 Å². The lowest BCUT2D eigenvalue weighted by Crippen LogP contribution is -2.16. The number of benzene rings is 1. The Kier molecular flexibility index (Phi) is 6.02. The molecule has 5 heteroatoms. The predicted octanol–water partition coefficient (Wildman–Crippen LogP) is 1.77. The molecule has 0 saturated carbocycles. The van der Waals surface area contributed by atoms with Gasteiger partial charge in [-0.2, -0.15) is 0 Å². The topological polar surface area (TPSA) is 92.4 Å². The molecule has 1 amide bonds. The molecule has 4 N–H and O–H groups in total. The van der Waals surface area contributed by atoms with E-state index in [2.05, 4.69) is 5.32 Å². The number of carbonyl (C=O) groups excluding carboxylic acids is 1. The van der Waals surface area contributed by atoms with Gasteiger partial charge in [-0.1, -0.05) is 12.1 Å². The van der Waals surface area contributed by atoms with E-state index in [0.717, 1.165) is 12.8 Å². The minimum Gasteiger partial charge on any atom is -0.481 e. The first-order chi connectivity index (χ1) is 8.97. The molecule has 1 rings (SSSR count). The summed E-state index contributed by atoms with van der Waals surface area (Å²) in [4.78, 5) is 22.3. The molecule has 1 atom stereocenters. The van der Waals surface area contributed by atoms with Crippen LogP contribution in [0.25, 0.3) is 0 Å². The lowest BCUT2D eigenvalue weighted by Gasteiger charge is -2.07. The minimum atomic E-state index is -0.889. The Bertz CT molecular complexity index is 444. The fourth-order valence-corrected chi connectivity index (χ4v) is 1.74. The zero-order valence-corrected chi connectivity index (χ0v) is 11.1. The fourth-order valence-electron chi connectivity index (χ4n) is 1.74. The third-order valence-electron chi connectivity index (χ3n) is 2.63. The number of aliphatic carboxylic acids is 1. The highest BCUT2D eigenvalue weighted by atomic mass is 16.4. The summed E-state index contributed by atoms with van der Waals surface area (Å²) >= 11 is 0. The van der Waals surface area contributed by atoms with Gasteiger partial charge in [-0.3, -0.25) is 9.59 Å². The van der Waals surface area contributed by atoms with E-state index in [1.807, 2.05) is 6.92 Å². The van der Waals surface area contributed by atoms with Crippen LogP contribution >= 0.6 is 0 Å².